The first-order valence-electron chi connectivity index (χ1n) is 13.0. The monoisotopic (exact) mass is 502 g/mol. The van der Waals surface area contributed by atoms with Gasteiger partial charge >= 0.3 is 5.97 Å². The molecule has 6 rings (SSSR count). The molecule has 37 heavy (non-hydrogen) atoms. The van der Waals surface area contributed by atoms with E-state index in [1.54, 1.807) is 24.3 Å². The zero-order valence-electron chi connectivity index (χ0n) is 20.8. The summed E-state index contributed by atoms with van der Waals surface area (Å²) in [5.41, 5.74) is 1.91. The van der Waals surface area contributed by atoms with E-state index in [9.17, 15) is 24.5 Å². The molecule has 7 heteroatoms. The lowest BCUT2D eigenvalue weighted by atomic mass is 9.61. The minimum atomic E-state index is -2.00. The molecule has 3 atom stereocenters. The zero-order valence-corrected chi connectivity index (χ0v) is 20.8. The molecule has 1 aromatic heterocycles. The topological polar surface area (TPSA) is 95.6 Å². The average Bonchev–Trinajstić information content (AvgIpc) is 3.60. The summed E-state index contributed by atoms with van der Waals surface area (Å²) >= 11 is 0. The van der Waals surface area contributed by atoms with Crippen LogP contribution in [-0.4, -0.2) is 36.7 Å². The summed E-state index contributed by atoms with van der Waals surface area (Å²) in [6.45, 7) is 1.30. The molecule has 1 heterocycles. The van der Waals surface area contributed by atoms with Crippen LogP contribution in [0, 0.1) is 17.2 Å². The summed E-state index contributed by atoms with van der Waals surface area (Å²) < 4.78 is 15.3. The maximum absolute atomic E-state index is 13.5. The Labute approximate surface area is 215 Å². The van der Waals surface area contributed by atoms with Crippen LogP contribution < -0.4 is 0 Å². The van der Waals surface area contributed by atoms with Crippen LogP contribution in [0.4, 0.5) is 4.39 Å². The van der Waals surface area contributed by atoms with Gasteiger partial charge in [0.05, 0.1) is 23.2 Å². The van der Waals surface area contributed by atoms with Crippen molar-refractivity contribution in [2.24, 2.45) is 11.3 Å². The van der Waals surface area contributed by atoms with E-state index in [0.717, 1.165) is 41.8 Å². The lowest BCUT2D eigenvalue weighted by Gasteiger charge is -2.46. The highest BCUT2D eigenvalue weighted by atomic mass is 19.1. The van der Waals surface area contributed by atoms with Crippen molar-refractivity contribution in [3.8, 4) is 5.69 Å². The van der Waals surface area contributed by atoms with Crippen LogP contribution in [-0.2, 0) is 23.2 Å². The number of aliphatic hydroxyl groups is 2. The molecule has 3 aliphatic rings. The highest BCUT2D eigenvalue weighted by Crippen LogP contribution is 2.66. The molecule has 3 N–H and O–H groups in total. The van der Waals surface area contributed by atoms with Crippen molar-refractivity contribution >= 4 is 12.0 Å². The Morgan fingerprint density at radius 2 is 1.92 bits per heavy atom. The number of aryl methyl sites for hydroxylation is 1. The Hall–Kier alpha value is -3.29. The molecule has 3 aliphatic carbocycles. The van der Waals surface area contributed by atoms with Gasteiger partial charge in [0.1, 0.15) is 5.82 Å². The molecule has 1 unspecified atom stereocenters. The lowest BCUT2D eigenvalue weighted by molar-refractivity contribution is -0.157. The second-order valence-corrected chi connectivity index (χ2v) is 11.1. The Morgan fingerprint density at radius 1 is 1.19 bits per heavy atom. The molecule has 0 amide bonds. The van der Waals surface area contributed by atoms with Gasteiger partial charge in [-0.3, -0.25) is 0 Å². The maximum atomic E-state index is 13.5. The van der Waals surface area contributed by atoms with Gasteiger partial charge in [-0.2, -0.15) is 5.10 Å². The molecule has 2 fully saturated rings. The first-order chi connectivity index (χ1) is 17.7. The summed E-state index contributed by atoms with van der Waals surface area (Å²) in [6.07, 6.45) is 9.29. The highest BCUT2D eigenvalue weighted by molar-refractivity contribution is 5.79. The first kappa shape index (κ1) is 24.1. The molecular formula is C30H31FN2O4. The van der Waals surface area contributed by atoms with Crippen LogP contribution in [0.2, 0.25) is 0 Å². The van der Waals surface area contributed by atoms with Gasteiger partial charge in [0.25, 0.3) is 0 Å². The Balaban J connectivity index is 1.34. The van der Waals surface area contributed by atoms with Crippen molar-refractivity contribution in [3.63, 3.8) is 0 Å². The summed E-state index contributed by atoms with van der Waals surface area (Å²) in [5, 5.41) is 37.2. The number of hydrogen-bond donors (Lipinski definition) is 3. The predicted octanol–water partition coefficient (Wildman–Crippen LogP) is 4.80. The van der Waals surface area contributed by atoms with E-state index >= 15 is 0 Å². The highest BCUT2D eigenvalue weighted by Gasteiger charge is 2.63. The van der Waals surface area contributed by atoms with Gasteiger partial charge in [-0.05, 0) is 105 Å². The quantitative estimate of drug-likeness (QED) is 0.432. The molecule has 2 aromatic carbocycles. The summed E-state index contributed by atoms with van der Waals surface area (Å²) in [5.74, 6) is -1.19. The minimum absolute atomic E-state index is 0.289. The average molecular weight is 503 g/mol. The van der Waals surface area contributed by atoms with E-state index < -0.39 is 17.2 Å². The summed E-state index contributed by atoms with van der Waals surface area (Å²) in [7, 11) is 0. The lowest BCUT2D eigenvalue weighted by Crippen LogP contribution is -2.49. The fourth-order valence-electron chi connectivity index (χ4n) is 6.88. The largest absolute Gasteiger partial charge is 0.479 e. The third-order valence-corrected chi connectivity index (χ3v) is 8.99. The van der Waals surface area contributed by atoms with Crippen LogP contribution in [0.1, 0.15) is 61.4 Å². The number of hydrogen-bond acceptors (Lipinski definition) is 4. The minimum Gasteiger partial charge on any atom is -0.479 e. The second kappa shape index (κ2) is 8.36. The summed E-state index contributed by atoms with van der Waals surface area (Å²) in [4.78, 5) is 11.7. The zero-order chi connectivity index (χ0) is 26.0. The normalized spacial score (nSPS) is 26.2. The Kier molecular flexibility index (Phi) is 5.44. The van der Waals surface area contributed by atoms with Gasteiger partial charge < -0.3 is 15.3 Å². The SMILES string of the molecule is CC(O)(C(=O)O)c1ccccc1CC[C@@]1(O)CCC2=Cc3c(cnn3-c3ccc(F)cc3)C[C@@]21C1CC1. The van der Waals surface area contributed by atoms with E-state index in [1.807, 2.05) is 23.0 Å². The van der Waals surface area contributed by atoms with Crippen LogP contribution >= 0.6 is 0 Å². The van der Waals surface area contributed by atoms with Gasteiger partial charge in [0, 0.05) is 5.41 Å². The number of carboxylic acid groups (broad SMARTS) is 1. The molecule has 2 saturated carbocycles. The molecule has 0 aliphatic heterocycles. The van der Waals surface area contributed by atoms with Crippen molar-refractivity contribution in [1.82, 2.24) is 9.78 Å². The molecule has 0 saturated heterocycles. The van der Waals surface area contributed by atoms with Crippen molar-refractivity contribution < 1.29 is 24.5 Å². The Bertz CT molecular complexity index is 1410. The van der Waals surface area contributed by atoms with Crippen LogP contribution in [0.15, 0.2) is 60.3 Å². The fraction of sp³-hybridized carbons (Fsp3) is 0.400. The number of halogens is 1. The Morgan fingerprint density at radius 3 is 2.62 bits per heavy atom. The third-order valence-electron chi connectivity index (χ3n) is 8.99. The smallest absolute Gasteiger partial charge is 0.340 e. The second-order valence-electron chi connectivity index (χ2n) is 11.1. The number of rotatable bonds is 7. The van der Waals surface area contributed by atoms with Gasteiger partial charge in [-0.15, -0.1) is 0 Å². The number of benzene rings is 2. The van der Waals surface area contributed by atoms with Crippen molar-refractivity contribution in [2.45, 2.75) is 63.1 Å². The standard InChI is InChI=1S/C30H31FN2O4/c1-28(36,27(34)35)25-5-3-2-4-19(25)12-14-29(37)15-13-22-16-26-20(17-30(22,29)21-6-7-21)18-32-33(26)24-10-8-23(31)9-11-24/h2-5,8-11,16,18,21,36-37H,6-7,12-15,17H2,1H3,(H,34,35)/t28?,29-,30-/m1/s1. The molecule has 0 bridgehead atoms. The number of carbonyl (C=O) groups is 1. The first-order valence-corrected chi connectivity index (χ1v) is 13.0. The summed E-state index contributed by atoms with van der Waals surface area (Å²) in [6, 6.07) is 13.4. The molecule has 6 nitrogen and oxygen atoms in total. The van der Waals surface area contributed by atoms with Crippen LogP contribution in [0.3, 0.4) is 0 Å². The maximum Gasteiger partial charge on any atom is 0.340 e. The van der Waals surface area contributed by atoms with E-state index in [-0.39, 0.29) is 11.2 Å². The number of aliphatic carboxylic acids is 1. The van der Waals surface area contributed by atoms with Crippen LogP contribution in [0.25, 0.3) is 11.8 Å². The van der Waals surface area contributed by atoms with Gasteiger partial charge in [-0.25, -0.2) is 13.9 Å². The number of fused-ring (bicyclic) bond motifs is 2. The van der Waals surface area contributed by atoms with Crippen molar-refractivity contribution in [3.05, 3.63) is 88.5 Å². The van der Waals surface area contributed by atoms with Crippen molar-refractivity contribution in [2.75, 3.05) is 0 Å². The van der Waals surface area contributed by atoms with E-state index in [1.165, 1.54) is 24.6 Å². The van der Waals surface area contributed by atoms with Gasteiger partial charge in [-0.1, -0.05) is 29.8 Å². The number of nitrogens with zero attached hydrogens (tertiary/aromatic N) is 2. The van der Waals surface area contributed by atoms with Gasteiger partial charge in [0.2, 0.25) is 0 Å². The molecule has 0 radical (unpaired) electrons. The van der Waals surface area contributed by atoms with Gasteiger partial charge in [0.15, 0.2) is 5.60 Å². The van der Waals surface area contributed by atoms with Crippen LogP contribution in [0.5, 0.6) is 0 Å². The predicted molar refractivity (Wildman–Crippen MR) is 137 cm³/mol. The van der Waals surface area contributed by atoms with E-state index in [0.29, 0.717) is 37.2 Å². The third kappa shape index (κ3) is 3.67. The van der Waals surface area contributed by atoms with E-state index in [2.05, 4.69) is 11.2 Å². The number of carboxylic acids is 1. The van der Waals surface area contributed by atoms with Crippen molar-refractivity contribution in [1.29, 1.82) is 0 Å². The molecular weight excluding hydrogens is 471 g/mol. The number of aromatic nitrogens is 2. The molecule has 192 valence electrons. The fourth-order valence-corrected chi connectivity index (χ4v) is 6.88. The van der Waals surface area contributed by atoms with E-state index in [4.69, 9.17) is 0 Å². The molecule has 0 spiro atoms. The molecule has 3 aromatic rings.